The van der Waals surface area contributed by atoms with Crippen LogP contribution in [0.15, 0.2) is 66.7 Å². The molecule has 0 aliphatic carbocycles. The van der Waals surface area contributed by atoms with Crippen molar-refractivity contribution in [2.45, 2.75) is 26.4 Å². The summed E-state index contributed by atoms with van der Waals surface area (Å²) in [5.74, 6) is 0.672. The molecule has 0 unspecified atom stereocenters. The number of aliphatic carboxylic acids is 1. The van der Waals surface area contributed by atoms with E-state index in [-0.39, 0.29) is 6.42 Å². The topological polar surface area (TPSA) is 55.8 Å². The van der Waals surface area contributed by atoms with Crippen LogP contribution in [0.1, 0.15) is 16.7 Å². The standard InChI is InChI=1S/C23H21ClO4/c1-15-8-10-20(12-16(15)2)28-22(23(25)26)14-17-13-18(24)9-11-21(17)27-19-6-4-3-5-7-19/h3-13,22H,14H2,1-2H3,(H,25,26)/t22-/m1/s1. The van der Waals surface area contributed by atoms with Gasteiger partial charge in [0.25, 0.3) is 0 Å². The van der Waals surface area contributed by atoms with Gasteiger partial charge in [-0.1, -0.05) is 35.9 Å². The lowest BCUT2D eigenvalue weighted by Gasteiger charge is -2.18. The van der Waals surface area contributed by atoms with Crippen LogP contribution in [0.4, 0.5) is 0 Å². The Kier molecular flexibility index (Phi) is 6.22. The van der Waals surface area contributed by atoms with E-state index in [4.69, 9.17) is 21.1 Å². The van der Waals surface area contributed by atoms with Gasteiger partial charge in [-0.2, -0.15) is 0 Å². The highest BCUT2D eigenvalue weighted by Crippen LogP contribution is 2.30. The van der Waals surface area contributed by atoms with Gasteiger partial charge in [0.2, 0.25) is 0 Å². The first-order valence-electron chi connectivity index (χ1n) is 8.90. The van der Waals surface area contributed by atoms with Crippen LogP contribution in [0.5, 0.6) is 17.2 Å². The van der Waals surface area contributed by atoms with Gasteiger partial charge in [0, 0.05) is 17.0 Å². The molecule has 3 aromatic rings. The zero-order valence-corrected chi connectivity index (χ0v) is 16.4. The molecule has 0 fully saturated rings. The molecule has 1 atom stereocenters. The Bertz CT molecular complexity index is 970. The van der Waals surface area contributed by atoms with E-state index in [9.17, 15) is 9.90 Å². The van der Waals surface area contributed by atoms with E-state index in [1.54, 1.807) is 24.3 Å². The monoisotopic (exact) mass is 396 g/mol. The molecule has 0 saturated carbocycles. The van der Waals surface area contributed by atoms with Gasteiger partial charge in [-0.3, -0.25) is 0 Å². The number of para-hydroxylation sites is 1. The van der Waals surface area contributed by atoms with Gasteiger partial charge in [0.05, 0.1) is 0 Å². The molecule has 3 rings (SSSR count). The molecule has 0 bridgehead atoms. The van der Waals surface area contributed by atoms with Crippen molar-refractivity contribution in [3.8, 4) is 17.2 Å². The average molecular weight is 397 g/mol. The maximum absolute atomic E-state index is 11.8. The maximum Gasteiger partial charge on any atom is 0.345 e. The predicted octanol–water partition coefficient (Wildman–Crippen LogP) is 5.82. The zero-order chi connectivity index (χ0) is 20.1. The first-order chi connectivity index (χ1) is 13.4. The van der Waals surface area contributed by atoms with Gasteiger partial charge >= 0.3 is 5.97 Å². The summed E-state index contributed by atoms with van der Waals surface area (Å²) >= 11 is 6.14. The van der Waals surface area contributed by atoms with Gasteiger partial charge in [0.1, 0.15) is 17.2 Å². The van der Waals surface area contributed by atoms with Crippen molar-refractivity contribution >= 4 is 17.6 Å². The number of hydrogen-bond acceptors (Lipinski definition) is 3. The summed E-state index contributed by atoms with van der Waals surface area (Å²) in [6.07, 6.45) is -0.955. The van der Waals surface area contributed by atoms with Crippen LogP contribution < -0.4 is 9.47 Å². The second-order valence-electron chi connectivity index (χ2n) is 6.56. The number of carboxylic acids is 1. The molecular weight excluding hydrogens is 376 g/mol. The number of halogens is 1. The Balaban J connectivity index is 1.85. The minimum absolute atomic E-state index is 0.116. The van der Waals surface area contributed by atoms with Crippen molar-refractivity contribution in [2.24, 2.45) is 0 Å². The average Bonchev–Trinajstić information content (AvgIpc) is 2.67. The lowest BCUT2D eigenvalue weighted by atomic mass is 10.1. The highest BCUT2D eigenvalue weighted by atomic mass is 35.5. The van der Waals surface area contributed by atoms with Crippen molar-refractivity contribution in [3.05, 3.63) is 88.4 Å². The lowest BCUT2D eigenvalue weighted by molar-refractivity contribution is -0.145. The van der Waals surface area contributed by atoms with Crippen molar-refractivity contribution in [2.75, 3.05) is 0 Å². The third kappa shape index (κ3) is 5.05. The minimum Gasteiger partial charge on any atom is -0.478 e. The molecule has 0 radical (unpaired) electrons. The smallest absolute Gasteiger partial charge is 0.345 e. The van der Waals surface area contributed by atoms with Crippen molar-refractivity contribution in [1.82, 2.24) is 0 Å². The second kappa shape index (κ2) is 8.81. The highest BCUT2D eigenvalue weighted by Gasteiger charge is 2.23. The molecular formula is C23H21ClO4. The summed E-state index contributed by atoms with van der Waals surface area (Å²) in [5.41, 5.74) is 2.82. The Labute approximate surface area is 169 Å². The summed E-state index contributed by atoms with van der Waals surface area (Å²) in [6, 6.07) is 20.0. The van der Waals surface area contributed by atoms with Crippen LogP contribution >= 0.6 is 11.6 Å². The number of carbonyl (C=O) groups is 1. The minimum atomic E-state index is -1.07. The molecule has 0 heterocycles. The van der Waals surface area contributed by atoms with Crippen LogP contribution in [0, 0.1) is 13.8 Å². The zero-order valence-electron chi connectivity index (χ0n) is 15.7. The first-order valence-corrected chi connectivity index (χ1v) is 9.28. The van der Waals surface area contributed by atoms with Crippen LogP contribution in [-0.4, -0.2) is 17.2 Å². The Morgan fingerprint density at radius 1 is 0.964 bits per heavy atom. The number of ether oxygens (including phenoxy) is 2. The molecule has 144 valence electrons. The van der Waals surface area contributed by atoms with Crippen LogP contribution in [0.2, 0.25) is 5.02 Å². The van der Waals surface area contributed by atoms with E-state index in [1.165, 1.54) is 0 Å². The van der Waals surface area contributed by atoms with Crippen molar-refractivity contribution < 1.29 is 19.4 Å². The largest absolute Gasteiger partial charge is 0.478 e. The molecule has 0 aliphatic heterocycles. The van der Waals surface area contributed by atoms with Crippen LogP contribution in [-0.2, 0) is 11.2 Å². The van der Waals surface area contributed by atoms with Crippen molar-refractivity contribution in [3.63, 3.8) is 0 Å². The summed E-state index contributed by atoms with van der Waals surface area (Å²) in [6.45, 7) is 3.95. The van der Waals surface area contributed by atoms with E-state index in [2.05, 4.69) is 0 Å². The number of benzene rings is 3. The fraction of sp³-hybridized carbons (Fsp3) is 0.174. The van der Waals surface area contributed by atoms with Gasteiger partial charge in [-0.25, -0.2) is 4.79 Å². The normalized spacial score (nSPS) is 11.7. The summed E-state index contributed by atoms with van der Waals surface area (Å²) < 4.78 is 11.7. The van der Waals surface area contributed by atoms with E-state index in [1.807, 2.05) is 56.3 Å². The third-order valence-corrected chi connectivity index (χ3v) is 4.67. The SMILES string of the molecule is Cc1ccc(O[C@H](Cc2cc(Cl)ccc2Oc2ccccc2)C(=O)O)cc1C. The number of rotatable bonds is 7. The quantitative estimate of drug-likeness (QED) is 0.546. The van der Waals surface area contributed by atoms with E-state index in [0.29, 0.717) is 27.8 Å². The molecule has 0 spiro atoms. The van der Waals surface area contributed by atoms with Gasteiger partial charge in [-0.15, -0.1) is 0 Å². The molecule has 3 aromatic carbocycles. The predicted molar refractivity (Wildman–Crippen MR) is 110 cm³/mol. The maximum atomic E-state index is 11.8. The molecule has 4 nitrogen and oxygen atoms in total. The van der Waals surface area contributed by atoms with Crippen LogP contribution in [0.3, 0.4) is 0 Å². The Morgan fingerprint density at radius 3 is 2.39 bits per heavy atom. The molecule has 1 N–H and O–H groups in total. The lowest BCUT2D eigenvalue weighted by Crippen LogP contribution is -2.29. The Morgan fingerprint density at radius 2 is 1.71 bits per heavy atom. The van der Waals surface area contributed by atoms with E-state index >= 15 is 0 Å². The fourth-order valence-electron chi connectivity index (χ4n) is 2.75. The molecule has 0 aromatic heterocycles. The van der Waals surface area contributed by atoms with E-state index < -0.39 is 12.1 Å². The summed E-state index contributed by atoms with van der Waals surface area (Å²) in [7, 11) is 0. The summed E-state index contributed by atoms with van der Waals surface area (Å²) in [4.78, 5) is 11.8. The highest BCUT2D eigenvalue weighted by molar-refractivity contribution is 6.30. The van der Waals surface area contributed by atoms with Gasteiger partial charge < -0.3 is 14.6 Å². The molecule has 0 amide bonds. The fourth-order valence-corrected chi connectivity index (χ4v) is 2.95. The molecule has 0 saturated heterocycles. The van der Waals surface area contributed by atoms with Crippen LogP contribution in [0.25, 0.3) is 0 Å². The first kappa shape index (κ1) is 19.8. The number of carboxylic acid groups (broad SMARTS) is 1. The van der Waals surface area contributed by atoms with Gasteiger partial charge in [0.15, 0.2) is 6.10 Å². The van der Waals surface area contributed by atoms with Crippen molar-refractivity contribution in [1.29, 1.82) is 0 Å². The second-order valence-corrected chi connectivity index (χ2v) is 7.00. The van der Waals surface area contributed by atoms with E-state index in [0.717, 1.165) is 11.1 Å². The number of aryl methyl sites for hydroxylation is 2. The summed E-state index contributed by atoms with van der Waals surface area (Å²) in [5, 5.41) is 10.2. The molecule has 28 heavy (non-hydrogen) atoms. The van der Waals surface area contributed by atoms with Gasteiger partial charge in [-0.05, 0) is 67.4 Å². The third-order valence-electron chi connectivity index (χ3n) is 4.43. The molecule has 0 aliphatic rings. The molecule has 5 heteroatoms. The Hall–Kier alpha value is -2.98. The number of hydrogen-bond donors (Lipinski definition) is 1.